The summed E-state index contributed by atoms with van der Waals surface area (Å²) in [6, 6.07) is 0. The van der Waals surface area contributed by atoms with E-state index >= 15 is 0 Å². The first-order valence-electron chi connectivity index (χ1n) is 3.98. The van der Waals surface area contributed by atoms with Gasteiger partial charge in [-0.25, -0.2) is 14.8 Å². The summed E-state index contributed by atoms with van der Waals surface area (Å²) >= 11 is 1.41. The zero-order valence-corrected chi connectivity index (χ0v) is 9.72. The highest BCUT2D eigenvalue weighted by Gasteiger charge is 2.11. The fourth-order valence-electron chi connectivity index (χ4n) is 0.822. The van der Waals surface area contributed by atoms with E-state index in [1.54, 1.807) is 6.92 Å². The van der Waals surface area contributed by atoms with Crippen LogP contribution in [0.25, 0.3) is 0 Å². The second-order valence-electron chi connectivity index (χ2n) is 2.34. The van der Waals surface area contributed by atoms with Crippen LogP contribution in [0.5, 0.6) is 0 Å². The number of aromatic nitrogens is 2. The summed E-state index contributed by atoms with van der Waals surface area (Å²) in [6.07, 6.45) is 3.32. The van der Waals surface area contributed by atoms with Gasteiger partial charge in [0.05, 0.1) is 12.2 Å². The van der Waals surface area contributed by atoms with Gasteiger partial charge in [0.1, 0.15) is 10.2 Å². The minimum absolute atomic E-state index is 0.342. The summed E-state index contributed by atoms with van der Waals surface area (Å²) in [4.78, 5) is 19.4. The van der Waals surface area contributed by atoms with E-state index in [0.29, 0.717) is 22.6 Å². The van der Waals surface area contributed by atoms with Crippen molar-refractivity contribution >= 4 is 33.3 Å². The minimum atomic E-state index is -0.412. The molecule has 0 atom stereocenters. The van der Waals surface area contributed by atoms with E-state index in [0.717, 1.165) is 0 Å². The topological polar surface area (TPSA) is 52.1 Å². The van der Waals surface area contributed by atoms with Gasteiger partial charge in [-0.15, -0.1) is 0 Å². The summed E-state index contributed by atoms with van der Waals surface area (Å²) in [5.41, 5.74) is 0.348. The van der Waals surface area contributed by atoms with E-state index in [9.17, 15) is 4.79 Å². The van der Waals surface area contributed by atoms with Crippen LogP contribution in [-0.4, -0.2) is 39.0 Å². The summed E-state index contributed by atoms with van der Waals surface area (Å²) in [5, 5.41) is 1.07. The standard InChI is InChI=1S/C8H9N2O2SSi/c1-3-12-7(11)5-4-9-8(13-2)10-6(5)14/h4H,3H2,1-2H3. The largest absolute Gasteiger partial charge is 0.462 e. The van der Waals surface area contributed by atoms with Crippen LogP contribution in [0.15, 0.2) is 11.4 Å². The average Bonchev–Trinajstić information content (AvgIpc) is 2.17. The minimum Gasteiger partial charge on any atom is -0.462 e. The second-order valence-corrected chi connectivity index (χ2v) is 3.59. The maximum Gasteiger partial charge on any atom is 0.341 e. The average molecular weight is 225 g/mol. The third kappa shape index (κ3) is 2.55. The van der Waals surface area contributed by atoms with Crippen molar-refractivity contribution in [2.24, 2.45) is 0 Å². The van der Waals surface area contributed by atoms with E-state index in [1.807, 2.05) is 6.26 Å². The number of rotatable bonds is 3. The number of ether oxygens (including phenoxy) is 1. The van der Waals surface area contributed by atoms with Crippen molar-refractivity contribution in [3.63, 3.8) is 0 Å². The van der Waals surface area contributed by atoms with Gasteiger partial charge < -0.3 is 4.74 Å². The van der Waals surface area contributed by atoms with Crippen LogP contribution in [-0.2, 0) is 4.74 Å². The molecular weight excluding hydrogens is 216 g/mol. The maximum atomic E-state index is 11.3. The molecule has 1 aromatic heterocycles. The van der Waals surface area contributed by atoms with Crippen LogP contribution in [0.2, 0.25) is 0 Å². The molecule has 0 aliphatic heterocycles. The monoisotopic (exact) mass is 225 g/mol. The first kappa shape index (κ1) is 11.2. The van der Waals surface area contributed by atoms with Crippen molar-refractivity contribution < 1.29 is 9.53 Å². The molecule has 14 heavy (non-hydrogen) atoms. The van der Waals surface area contributed by atoms with Crippen LogP contribution in [0.4, 0.5) is 0 Å². The molecule has 1 heterocycles. The Kier molecular flexibility index (Phi) is 4.09. The molecule has 0 spiro atoms. The summed E-state index contributed by atoms with van der Waals surface area (Å²) < 4.78 is 4.83. The maximum absolute atomic E-state index is 11.3. The van der Waals surface area contributed by atoms with Gasteiger partial charge in [-0.2, -0.15) is 0 Å². The molecule has 0 aliphatic carbocycles. The summed E-state index contributed by atoms with van der Waals surface area (Å²) in [7, 11) is 3.25. The zero-order valence-electron chi connectivity index (χ0n) is 7.90. The Balaban J connectivity index is 2.94. The molecule has 0 amide bonds. The molecule has 4 nitrogen and oxygen atoms in total. The Morgan fingerprint density at radius 2 is 2.43 bits per heavy atom. The Hall–Kier alpha value is -0.883. The van der Waals surface area contributed by atoms with Gasteiger partial charge in [0.15, 0.2) is 5.16 Å². The number of esters is 1. The molecular formula is C8H9N2O2SSi. The molecule has 0 saturated heterocycles. The number of thioether (sulfide) groups is 1. The van der Waals surface area contributed by atoms with Crippen molar-refractivity contribution in [2.45, 2.75) is 12.1 Å². The molecule has 0 N–H and O–H groups in total. The van der Waals surface area contributed by atoms with Crippen LogP contribution < -0.4 is 5.32 Å². The number of carbonyl (C=O) groups is 1. The van der Waals surface area contributed by atoms with Crippen LogP contribution in [0.1, 0.15) is 17.3 Å². The molecule has 0 aliphatic rings. The first-order chi connectivity index (χ1) is 6.69. The molecule has 73 valence electrons. The van der Waals surface area contributed by atoms with Crippen molar-refractivity contribution in [1.82, 2.24) is 9.97 Å². The van der Waals surface area contributed by atoms with E-state index < -0.39 is 5.97 Å². The van der Waals surface area contributed by atoms with Gasteiger partial charge in [-0.05, 0) is 13.2 Å². The molecule has 1 rings (SSSR count). The highest BCUT2D eigenvalue weighted by Crippen LogP contribution is 2.05. The Morgan fingerprint density at radius 1 is 1.71 bits per heavy atom. The van der Waals surface area contributed by atoms with Gasteiger partial charge in [0.25, 0.3) is 0 Å². The lowest BCUT2D eigenvalue weighted by molar-refractivity contribution is 0.0527. The SMILES string of the molecule is CCOC(=O)c1cnc(SC)nc1[Si]. The van der Waals surface area contributed by atoms with Crippen LogP contribution in [0.3, 0.4) is 0 Å². The normalized spacial score (nSPS) is 9.93. The highest BCUT2D eigenvalue weighted by atomic mass is 32.2. The molecule has 6 heteroatoms. The van der Waals surface area contributed by atoms with Gasteiger partial charge in [-0.3, -0.25) is 0 Å². The zero-order chi connectivity index (χ0) is 10.6. The first-order valence-corrected chi connectivity index (χ1v) is 5.71. The summed E-state index contributed by atoms with van der Waals surface area (Å²) in [5.74, 6) is -0.412. The molecule has 1 aromatic rings. The second kappa shape index (κ2) is 5.11. The molecule has 3 radical (unpaired) electrons. The van der Waals surface area contributed by atoms with Gasteiger partial charge >= 0.3 is 5.97 Å². The highest BCUT2D eigenvalue weighted by molar-refractivity contribution is 7.98. The van der Waals surface area contributed by atoms with Gasteiger partial charge in [0.2, 0.25) is 0 Å². The number of hydrogen-bond donors (Lipinski definition) is 0. The molecule has 0 unspecified atom stereocenters. The Bertz CT molecular complexity index is 346. The lowest BCUT2D eigenvalue weighted by Crippen LogP contribution is -2.22. The van der Waals surface area contributed by atoms with Crippen molar-refractivity contribution in [3.05, 3.63) is 11.8 Å². The van der Waals surface area contributed by atoms with E-state index in [1.165, 1.54) is 18.0 Å². The summed E-state index contributed by atoms with van der Waals surface area (Å²) in [6.45, 7) is 2.09. The van der Waals surface area contributed by atoms with Crippen molar-refractivity contribution in [2.75, 3.05) is 12.9 Å². The Labute approximate surface area is 89.9 Å². The third-order valence-corrected chi connectivity index (χ3v) is 2.39. The van der Waals surface area contributed by atoms with E-state index in [2.05, 4.69) is 20.2 Å². The predicted molar refractivity (Wildman–Crippen MR) is 55.2 cm³/mol. The fraction of sp³-hybridized carbons (Fsp3) is 0.375. The third-order valence-electron chi connectivity index (χ3n) is 1.44. The van der Waals surface area contributed by atoms with Crippen LogP contribution >= 0.6 is 11.8 Å². The van der Waals surface area contributed by atoms with Gasteiger partial charge in [-0.1, -0.05) is 11.8 Å². The fourth-order valence-corrected chi connectivity index (χ4v) is 1.52. The van der Waals surface area contributed by atoms with Crippen LogP contribution in [0, 0.1) is 0 Å². The predicted octanol–water partition coefficient (Wildman–Crippen LogP) is 0.169. The smallest absolute Gasteiger partial charge is 0.341 e. The molecule has 0 bridgehead atoms. The van der Waals surface area contributed by atoms with E-state index in [-0.39, 0.29) is 0 Å². The number of carbonyl (C=O) groups excluding carboxylic acids is 1. The quantitative estimate of drug-likeness (QED) is 0.318. The Morgan fingerprint density at radius 3 is 2.93 bits per heavy atom. The molecule has 0 aromatic carbocycles. The van der Waals surface area contributed by atoms with Crippen molar-refractivity contribution in [3.8, 4) is 0 Å². The molecule has 0 fully saturated rings. The number of hydrogen-bond acceptors (Lipinski definition) is 5. The van der Waals surface area contributed by atoms with E-state index in [4.69, 9.17) is 4.74 Å². The van der Waals surface area contributed by atoms with Crippen molar-refractivity contribution in [1.29, 1.82) is 0 Å². The number of nitrogens with zero attached hydrogens (tertiary/aromatic N) is 2. The van der Waals surface area contributed by atoms with Gasteiger partial charge in [0, 0.05) is 11.5 Å². The molecule has 0 saturated carbocycles. The lowest BCUT2D eigenvalue weighted by Gasteiger charge is -2.04. The lowest BCUT2D eigenvalue weighted by atomic mass is 10.3.